The van der Waals surface area contributed by atoms with E-state index in [-0.39, 0.29) is 37.8 Å². The van der Waals surface area contributed by atoms with Crippen LogP contribution < -0.4 is 10.1 Å². The van der Waals surface area contributed by atoms with E-state index in [0.717, 1.165) is 12.3 Å². The number of hydrogen-bond acceptors (Lipinski definition) is 7. The number of benzene rings is 1. The van der Waals surface area contributed by atoms with Crippen molar-refractivity contribution in [1.29, 1.82) is 0 Å². The second-order valence-electron chi connectivity index (χ2n) is 9.43. The van der Waals surface area contributed by atoms with Crippen LogP contribution in [0.2, 0.25) is 0 Å². The average molecular weight is 558 g/mol. The first kappa shape index (κ1) is 27.1. The van der Waals surface area contributed by atoms with Gasteiger partial charge in [0.15, 0.2) is 17.4 Å². The highest BCUT2D eigenvalue weighted by atomic mass is 19.1. The Balaban J connectivity index is 1.25. The topological polar surface area (TPSA) is 125 Å². The molecule has 0 radical (unpaired) electrons. The van der Waals surface area contributed by atoms with E-state index < -0.39 is 41.5 Å². The lowest BCUT2D eigenvalue weighted by Gasteiger charge is -2.41. The number of ether oxygens (including phenoxy) is 1. The molecule has 210 valence electrons. The van der Waals surface area contributed by atoms with Gasteiger partial charge in [0.05, 0.1) is 48.9 Å². The predicted molar refractivity (Wildman–Crippen MR) is 136 cm³/mol. The number of hydrazone groups is 1. The van der Waals surface area contributed by atoms with Gasteiger partial charge in [-0.1, -0.05) is 0 Å². The van der Waals surface area contributed by atoms with Crippen LogP contribution in [0.25, 0.3) is 5.82 Å². The van der Waals surface area contributed by atoms with Crippen LogP contribution in [0.4, 0.5) is 18.0 Å². The van der Waals surface area contributed by atoms with Crippen molar-refractivity contribution in [3.8, 4) is 11.6 Å². The summed E-state index contributed by atoms with van der Waals surface area (Å²) in [6.45, 7) is 3.48. The lowest BCUT2D eigenvalue weighted by atomic mass is 10.0. The summed E-state index contributed by atoms with van der Waals surface area (Å²) in [5.41, 5.74) is 1.51. The van der Waals surface area contributed by atoms with E-state index in [2.05, 4.69) is 20.5 Å². The van der Waals surface area contributed by atoms with Gasteiger partial charge in [0.2, 0.25) is 0 Å². The summed E-state index contributed by atoms with van der Waals surface area (Å²) in [6.07, 6.45) is 2.28. The fraction of sp³-hybridized carbons (Fsp3) is 0.346. The van der Waals surface area contributed by atoms with Crippen molar-refractivity contribution in [2.45, 2.75) is 32.4 Å². The zero-order valence-corrected chi connectivity index (χ0v) is 21.6. The molecule has 4 heterocycles. The highest BCUT2D eigenvalue weighted by Crippen LogP contribution is 2.32. The molecule has 0 bridgehead atoms. The maximum atomic E-state index is 14.6. The fourth-order valence-corrected chi connectivity index (χ4v) is 4.70. The maximum Gasteiger partial charge on any atom is 0.341 e. The van der Waals surface area contributed by atoms with Crippen molar-refractivity contribution in [3.05, 3.63) is 70.4 Å². The molecule has 0 saturated carbocycles. The number of aryl methyl sites for hydroxylation is 1. The van der Waals surface area contributed by atoms with E-state index in [1.807, 2.05) is 0 Å². The molecule has 11 nitrogen and oxygen atoms in total. The van der Waals surface area contributed by atoms with Gasteiger partial charge in [-0.15, -0.1) is 0 Å². The van der Waals surface area contributed by atoms with Crippen LogP contribution in [0.5, 0.6) is 5.75 Å². The highest BCUT2D eigenvalue weighted by molar-refractivity contribution is 5.96. The molecule has 40 heavy (non-hydrogen) atoms. The molecule has 1 saturated heterocycles. The van der Waals surface area contributed by atoms with Gasteiger partial charge in [0, 0.05) is 31.3 Å². The van der Waals surface area contributed by atoms with Gasteiger partial charge in [0.25, 0.3) is 5.91 Å². The monoisotopic (exact) mass is 557 g/mol. The van der Waals surface area contributed by atoms with Crippen molar-refractivity contribution in [1.82, 2.24) is 30.0 Å². The number of aliphatic hydroxyl groups is 1. The Labute approximate surface area is 226 Å². The molecule has 2 aromatic heterocycles. The second-order valence-corrected chi connectivity index (χ2v) is 9.43. The lowest BCUT2D eigenvalue weighted by molar-refractivity contribution is 0.0256. The van der Waals surface area contributed by atoms with Crippen LogP contribution in [0, 0.1) is 31.3 Å². The van der Waals surface area contributed by atoms with E-state index in [4.69, 9.17) is 9.84 Å². The minimum Gasteiger partial charge on any atom is -0.483 e. The molecule has 3 amide bonds. The number of nitrogens with zero attached hydrogens (tertiary/aromatic N) is 6. The summed E-state index contributed by atoms with van der Waals surface area (Å²) in [6, 6.07) is 3.34. The molecular formula is C26H26F3N7O4. The molecule has 1 atom stereocenters. The highest BCUT2D eigenvalue weighted by Gasteiger charge is 2.39. The molecule has 1 fully saturated rings. The van der Waals surface area contributed by atoms with Gasteiger partial charge < -0.3 is 20.1 Å². The summed E-state index contributed by atoms with van der Waals surface area (Å²) in [5, 5.41) is 21.2. The molecule has 5 rings (SSSR count). The zero-order valence-electron chi connectivity index (χ0n) is 21.6. The minimum absolute atomic E-state index is 0.0880. The van der Waals surface area contributed by atoms with E-state index >= 15 is 0 Å². The number of rotatable bonds is 7. The third kappa shape index (κ3) is 5.21. The Morgan fingerprint density at radius 1 is 1.12 bits per heavy atom. The van der Waals surface area contributed by atoms with E-state index in [9.17, 15) is 22.8 Å². The van der Waals surface area contributed by atoms with Crippen LogP contribution in [-0.2, 0) is 0 Å². The Morgan fingerprint density at radius 2 is 1.85 bits per heavy atom. The maximum absolute atomic E-state index is 14.6. The third-order valence-corrected chi connectivity index (χ3v) is 6.65. The zero-order chi connectivity index (χ0) is 28.6. The van der Waals surface area contributed by atoms with E-state index in [1.54, 1.807) is 13.8 Å². The Bertz CT molecular complexity index is 1470. The Hall–Kier alpha value is -4.46. The molecule has 2 aliphatic rings. The number of pyridine rings is 1. The van der Waals surface area contributed by atoms with Crippen molar-refractivity contribution in [3.63, 3.8) is 0 Å². The third-order valence-electron chi connectivity index (χ3n) is 6.65. The summed E-state index contributed by atoms with van der Waals surface area (Å²) in [7, 11) is 0. The van der Waals surface area contributed by atoms with Gasteiger partial charge in [0.1, 0.15) is 17.7 Å². The molecule has 2 N–H and O–H groups in total. The molecular weight excluding hydrogens is 531 g/mol. The first-order chi connectivity index (χ1) is 19.2. The second kappa shape index (κ2) is 11.0. The van der Waals surface area contributed by atoms with Gasteiger partial charge in [-0.3, -0.25) is 4.79 Å². The first-order valence-corrected chi connectivity index (χ1v) is 12.5. The Morgan fingerprint density at radius 3 is 2.55 bits per heavy atom. The number of halogens is 3. The lowest BCUT2D eigenvalue weighted by Crippen LogP contribution is -2.58. The number of amides is 3. The number of carbonyl (C=O) groups is 2. The van der Waals surface area contributed by atoms with E-state index in [0.29, 0.717) is 28.9 Å². The Kier molecular flexibility index (Phi) is 7.43. The molecule has 14 heteroatoms. The smallest absolute Gasteiger partial charge is 0.341 e. The van der Waals surface area contributed by atoms with Gasteiger partial charge >= 0.3 is 6.03 Å². The van der Waals surface area contributed by atoms with Crippen molar-refractivity contribution < 1.29 is 32.6 Å². The molecule has 0 spiro atoms. The summed E-state index contributed by atoms with van der Waals surface area (Å²) < 4.78 is 49.2. The number of carbonyl (C=O) groups excluding carboxylic acids is 2. The summed E-state index contributed by atoms with van der Waals surface area (Å²) in [5.74, 6) is -2.48. The molecule has 3 aromatic rings. The quantitative estimate of drug-likeness (QED) is 0.460. The fourth-order valence-electron chi connectivity index (χ4n) is 4.70. The first-order valence-electron chi connectivity index (χ1n) is 12.5. The van der Waals surface area contributed by atoms with Crippen molar-refractivity contribution in [2.24, 2.45) is 5.10 Å². The summed E-state index contributed by atoms with van der Waals surface area (Å²) >= 11 is 0. The number of aromatic nitrogens is 3. The number of hydrogen-bond donors (Lipinski definition) is 2. The summed E-state index contributed by atoms with van der Waals surface area (Å²) in [4.78, 5) is 31.0. The van der Waals surface area contributed by atoms with Gasteiger partial charge in [-0.05, 0) is 31.5 Å². The average Bonchev–Trinajstić information content (AvgIpc) is 3.49. The number of likely N-dealkylation sites (tertiary alicyclic amines) is 1. The number of nitrogens with one attached hydrogen (secondary N) is 1. The van der Waals surface area contributed by atoms with Crippen LogP contribution in [0.15, 0.2) is 35.6 Å². The largest absolute Gasteiger partial charge is 0.483 e. The SMILES string of the molecule is Cc1nn(-c2cc(OC3CN(C(=O)N4N=CCC4c4cc(F)cc(F)c4)C3)c(F)cn2)c(C)c1C(=O)NCCO. The van der Waals surface area contributed by atoms with Crippen molar-refractivity contribution >= 4 is 18.2 Å². The van der Waals surface area contributed by atoms with Gasteiger partial charge in [-0.2, -0.15) is 10.2 Å². The van der Waals surface area contributed by atoms with Crippen LogP contribution in [-0.4, -0.2) is 80.3 Å². The van der Waals surface area contributed by atoms with E-state index in [1.165, 1.54) is 39.0 Å². The molecule has 1 aromatic carbocycles. The standard InChI is InChI=1S/C26H26F3N7O4/c1-14-24(25(38)30-5-6-37)15(2)35(33-14)23-10-22(20(29)11-31-23)40-19-12-34(13-19)26(39)36-21(3-4-32-36)16-7-17(27)9-18(28)8-16/h4,7-11,19,21,37H,3,5-6,12-13H2,1-2H3,(H,30,38). The molecule has 2 aliphatic heterocycles. The normalized spacial score (nSPS) is 16.8. The minimum atomic E-state index is -0.743. The molecule has 0 aliphatic carbocycles. The van der Waals surface area contributed by atoms with Gasteiger partial charge in [-0.25, -0.2) is 32.6 Å². The van der Waals surface area contributed by atoms with Crippen molar-refractivity contribution in [2.75, 3.05) is 26.2 Å². The number of aliphatic hydroxyl groups excluding tert-OH is 1. The predicted octanol–water partition coefficient (Wildman–Crippen LogP) is 2.64. The van der Waals surface area contributed by atoms with Crippen LogP contribution >= 0.6 is 0 Å². The number of urea groups is 1. The van der Waals surface area contributed by atoms with Crippen LogP contribution in [0.1, 0.15) is 39.8 Å². The van der Waals surface area contributed by atoms with Crippen LogP contribution in [0.3, 0.4) is 0 Å². The molecule has 1 unspecified atom stereocenters.